The molecule has 164 valence electrons. The van der Waals surface area contributed by atoms with Gasteiger partial charge in [0.25, 0.3) is 11.5 Å². The van der Waals surface area contributed by atoms with Gasteiger partial charge in [-0.2, -0.15) is 5.10 Å². The Labute approximate surface area is 186 Å². The lowest BCUT2D eigenvalue weighted by molar-refractivity contribution is 0.101. The van der Waals surface area contributed by atoms with E-state index in [0.717, 1.165) is 10.2 Å². The fourth-order valence-electron chi connectivity index (χ4n) is 3.62. The molecule has 0 saturated carbocycles. The van der Waals surface area contributed by atoms with Crippen molar-refractivity contribution in [3.8, 4) is 11.1 Å². The predicted molar refractivity (Wildman–Crippen MR) is 119 cm³/mol. The number of pyridine rings is 2. The topological polar surface area (TPSA) is 103 Å². The summed E-state index contributed by atoms with van der Waals surface area (Å²) in [5.74, 6) is -0.825. The highest BCUT2D eigenvalue weighted by Crippen LogP contribution is 2.29. The maximum absolute atomic E-state index is 13.4. The molecule has 0 spiro atoms. The normalized spacial score (nSPS) is 11.2. The van der Waals surface area contributed by atoms with Crippen molar-refractivity contribution >= 4 is 22.5 Å². The van der Waals surface area contributed by atoms with E-state index in [1.54, 1.807) is 48.2 Å². The van der Waals surface area contributed by atoms with E-state index in [9.17, 15) is 14.0 Å². The maximum Gasteiger partial charge on any atom is 0.280 e. The first-order chi connectivity index (χ1) is 16.1. The smallest absolute Gasteiger partial charge is 0.280 e. The fraction of sp³-hybridized carbons (Fsp3) is 0.0870. The van der Waals surface area contributed by atoms with Crippen LogP contribution in [-0.2, 0) is 11.3 Å². The SMILES string of the molecule is COCc1nn2c(ncc3c(=O)n(NC(=O)c4cccnc4)ccc32)c1-c1ccc(F)cc1. The van der Waals surface area contributed by atoms with Crippen LogP contribution in [0, 0.1) is 5.82 Å². The van der Waals surface area contributed by atoms with Crippen LogP contribution in [0.25, 0.3) is 27.7 Å². The van der Waals surface area contributed by atoms with Crippen LogP contribution in [0.4, 0.5) is 4.39 Å². The van der Waals surface area contributed by atoms with E-state index in [2.05, 4.69) is 20.5 Å². The minimum Gasteiger partial charge on any atom is -0.378 e. The molecule has 0 aliphatic rings. The van der Waals surface area contributed by atoms with Gasteiger partial charge in [-0.25, -0.2) is 18.6 Å². The van der Waals surface area contributed by atoms with Crippen molar-refractivity contribution in [1.82, 2.24) is 24.3 Å². The molecule has 1 amide bonds. The minimum absolute atomic E-state index is 0.204. The second-order valence-electron chi connectivity index (χ2n) is 7.23. The standard InChI is InChI=1S/C23H17FN6O3/c1-33-13-18-20(14-4-6-16(24)7-5-14)21-26-12-17-19(30(21)27-18)8-10-29(23(17)32)28-22(31)15-3-2-9-25-11-15/h2-12H,13H2,1H3,(H,28,31). The van der Waals surface area contributed by atoms with Crippen LogP contribution in [0.3, 0.4) is 0 Å². The molecule has 0 aliphatic heterocycles. The Morgan fingerprint density at radius 3 is 2.70 bits per heavy atom. The van der Waals surface area contributed by atoms with Gasteiger partial charge in [-0.15, -0.1) is 0 Å². The van der Waals surface area contributed by atoms with E-state index < -0.39 is 11.5 Å². The van der Waals surface area contributed by atoms with E-state index in [0.29, 0.717) is 28.0 Å². The Hall–Kier alpha value is -4.44. The lowest BCUT2D eigenvalue weighted by Crippen LogP contribution is -2.33. The van der Waals surface area contributed by atoms with Crippen LogP contribution in [0.1, 0.15) is 16.1 Å². The predicted octanol–water partition coefficient (Wildman–Crippen LogP) is 2.78. The number of aromatic nitrogens is 5. The van der Waals surface area contributed by atoms with Crippen LogP contribution in [0.5, 0.6) is 0 Å². The number of halogens is 1. The zero-order valence-electron chi connectivity index (χ0n) is 17.4. The zero-order valence-corrected chi connectivity index (χ0v) is 17.4. The van der Waals surface area contributed by atoms with Gasteiger partial charge >= 0.3 is 0 Å². The Bertz CT molecular complexity index is 1540. The number of rotatable bonds is 5. The Kier molecular flexibility index (Phi) is 5.11. The van der Waals surface area contributed by atoms with Gasteiger partial charge in [-0.1, -0.05) is 12.1 Å². The lowest BCUT2D eigenvalue weighted by Gasteiger charge is -2.09. The second-order valence-corrected chi connectivity index (χ2v) is 7.23. The first kappa shape index (κ1) is 20.5. The van der Waals surface area contributed by atoms with Gasteiger partial charge < -0.3 is 4.74 Å². The molecule has 0 radical (unpaired) electrons. The molecule has 10 heteroatoms. The quantitative estimate of drug-likeness (QED) is 0.447. The van der Waals surface area contributed by atoms with Crippen molar-refractivity contribution < 1.29 is 13.9 Å². The number of hydrogen-bond acceptors (Lipinski definition) is 6. The highest BCUT2D eigenvalue weighted by atomic mass is 19.1. The van der Waals surface area contributed by atoms with Crippen molar-refractivity contribution in [3.05, 3.63) is 94.7 Å². The van der Waals surface area contributed by atoms with Crippen molar-refractivity contribution in [3.63, 3.8) is 0 Å². The van der Waals surface area contributed by atoms with Crippen LogP contribution in [0.2, 0.25) is 0 Å². The molecule has 9 nitrogen and oxygen atoms in total. The Morgan fingerprint density at radius 1 is 1.15 bits per heavy atom. The highest BCUT2D eigenvalue weighted by Gasteiger charge is 2.19. The zero-order chi connectivity index (χ0) is 22.9. The van der Waals surface area contributed by atoms with E-state index in [1.807, 2.05) is 0 Å². The van der Waals surface area contributed by atoms with Gasteiger partial charge in [-0.3, -0.25) is 20.0 Å². The Balaban J connectivity index is 1.64. The van der Waals surface area contributed by atoms with Gasteiger partial charge in [0.1, 0.15) is 5.82 Å². The second kappa shape index (κ2) is 8.24. The van der Waals surface area contributed by atoms with E-state index in [4.69, 9.17) is 4.74 Å². The van der Waals surface area contributed by atoms with Gasteiger partial charge in [-0.05, 0) is 35.9 Å². The molecule has 0 saturated heterocycles. The number of benzene rings is 1. The first-order valence-corrected chi connectivity index (χ1v) is 9.95. The van der Waals surface area contributed by atoms with Gasteiger partial charge in [0, 0.05) is 31.9 Å². The number of methoxy groups -OCH3 is 1. The number of carbonyl (C=O) groups excluding carboxylic acids is 1. The van der Waals surface area contributed by atoms with Crippen molar-refractivity contribution in [2.24, 2.45) is 0 Å². The van der Waals surface area contributed by atoms with Crippen LogP contribution < -0.4 is 11.0 Å². The summed E-state index contributed by atoms with van der Waals surface area (Å²) in [6.45, 7) is 0.204. The number of ether oxygens (including phenoxy) is 1. The Morgan fingerprint density at radius 2 is 1.97 bits per heavy atom. The number of nitrogens with zero attached hydrogens (tertiary/aromatic N) is 5. The third kappa shape index (κ3) is 3.62. The minimum atomic E-state index is -0.473. The first-order valence-electron chi connectivity index (χ1n) is 9.95. The summed E-state index contributed by atoms with van der Waals surface area (Å²) >= 11 is 0. The highest BCUT2D eigenvalue weighted by molar-refractivity contribution is 5.99. The van der Waals surface area contributed by atoms with Crippen molar-refractivity contribution in [1.29, 1.82) is 0 Å². The molecular formula is C23H17FN6O3. The third-order valence-electron chi connectivity index (χ3n) is 5.14. The van der Waals surface area contributed by atoms with Crippen LogP contribution in [0.15, 0.2) is 72.0 Å². The third-order valence-corrected chi connectivity index (χ3v) is 5.14. The van der Waals surface area contributed by atoms with E-state index >= 15 is 0 Å². The summed E-state index contributed by atoms with van der Waals surface area (Å²) < 4.78 is 21.4. The van der Waals surface area contributed by atoms with Crippen molar-refractivity contribution in [2.75, 3.05) is 12.5 Å². The number of hydrogen-bond donors (Lipinski definition) is 1. The van der Waals surface area contributed by atoms with Gasteiger partial charge in [0.2, 0.25) is 0 Å². The number of amides is 1. The molecule has 0 aliphatic carbocycles. The molecule has 5 rings (SSSR count). The summed E-state index contributed by atoms with van der Waals surface area (Å²) in [4.78, 5) is 33.9. The molecular weight excluding hydrogens is 427 g/mol. The average Bonchev–Trinajstić information content (AvgIpc) is 3.20. The summed E-state index contributed by atoms with van der Waals surface area (Å²) in [6, 6.07) is 10.9. The maximum atomic E-state index is 13.4. The molecule has 33 heavy (non-hydrogen) atoms. The molecule has 4 aromatic heterocycles. The van der Waals surface area contributed by atoms with E-state index in [-0.39, 0.29) is 17.8 Å². The van der Waals surface area contributed by atoms with Crippen LogP contribution in [-0.4, -0.2) is 37.3 Å². The molecule has 4 heterocycles. The summed E-state index contributed by atoms with van der Waals surface area (Å²) in [5.41, 5.74) is 5.41. The molecule has 0 fully saturated rings. The molecule has 5 aromatic rings. The largest absolute Gasteiger partial charge is 0.378 e. The number of nitrogens with one attached hydrogen (secondary N) is 1. The molecule has 0 atom stereocenters. The summed E-state index contributed by atoms with van der Waals surface area (Å²) in [6.07, 6.45) is 5.85. The average molecular weight is 444 g/mol. The van der Waals surface area contributed by atoms with E-state index in [1.165, 1.54) is 30.7 Å². The number of carbonyl (C=O) groups is 1. The molecule has 0 bridgehead atoms. The molecule has 1 N–H and O–H groups in total. The number of fused-ring (bicyclic) bond motifs is 3. The molecule has 1 aromatic carbocycles. The van der Waals surface area contributed by atoms with Gasteiger partial charge in [0.15, 0.2) is 5.65 Å². The lowest BCUT2D eigenvalue weighted by atomic mass is 10.1. The summed E-state index contributed by atoms with van der Waals surface area (Å²) in [5, 5.41) is 4.86. The molecule has 0 unspecified atom stereocenters. The van der Waals surface area contributed by atoms with Gasteiger partial charge in [0.05, 0.1) is 34.3 Å². The summed E-state index contributed by atoms with van der Waals surface area (Å²) in [7, 11) is 1.55. The van der Waals surface area contributed by atoms with Crippen LogP contribution >= 0.6 is 0 Å². The fourth-order valence-corrected chi connectivity index (χ4v) is 3.62. The monoisotopic (exact) mass is 444 g/mol. The van der Waals surface area contributed by atoms with Crippen molar-refractivity contribution in [2.45, 2.75) is 6.61 Å².